The fraction of sp³-hybridized carbons (Fsp3) is 0.286. The van der Waals surface area contributed by atoms with Crippen LogP contribution >= 0.6 is 0 Å². The average molecular weight is 468 g/mol. The number of rotatable bonds is 6. The number of piperidine rings is 1. The zero-order chi connectivity index (χ0) is 24.2. The Bertz CT molecular complexity index is 1380. The lowest BCUT2D eigenvalue weighted by atomic mass is 9.97. The normalized spacial score (nSPS) is 15.8. The van der Waals surface area contributed by atoms with Crippen molar-refractivity contribution < 1.29 is 4.79 Å². The van der Waals surface area contributed by atoms with Crippen molar-refractivity contribution >= 4 is 22.9 Å². The first-order chi connectivity index (χ1) is 17.1. The Morgan fingerprint density at radius 1 is 1.03 bits per heavy atom. The van der Waals surface area contributed by atoms with E-state index in [2.05, 4.69) is 10.3 Å². The Labute approximate surface area is 204 Å². The van der Waals surface area contributed by atoms with Gasteiger partial charge in [0.05, 0.1) is 12.5 Å². The number of nitrogens with one attached hydrogen (secondary N) is 1. The molecule has 0 spiro atoms. The van der Waals surface area contributed by atoms with E-state index in [-0.39, 0.29) is 17.4 Å². The third kappa shape index (κ3) is 5.09. The lowest BCUT2D eigenvalue weighted by molar-refractivity contribution is -0.125. The third-order valence-electron chi connectivity index (χ3n) is 6.55. The number of fused-ring (bicyclic) bond motifs is 1. The molecule has 1 N–H and O–H groups in total. The van der Waals surface area contributed by atoms with Crippen LogP contribution in [-0.4, -0.2) is 33.5 Å². The van der Waals surface area contributed by atoms with Gasteiger partial charge in [0.2, 0.25) is 5.91 Å². The van der Waals surface area contributed by atoms with Crippen molar-refractivity contribution in [3.8, 4) is 0 Å². The Morgan fingerprint density at radius 3 is 2.63 bits per heavy atom. The van der Waals surface area contributed by atoms with Crippen LogP contribution in [0, 0.1) is 12.8 Å². The van der Waals surface area contributed by atoms with Crippen molar-refractivity contribution in [3.05, 3.63) is 100.0 Å². The van der Waals surface area contributed by atoms with Crippen molar-refractivity contribution in [1.29, 1.82) is 0 Å². The summed E-state index contributed by atoms with van der Waals surface area (Å²) < 4.78 is 1.70. The average Bonchev–Trinajstić information content (AvgIpc) is 2.90. The van der Waals surface area contributed by atoms with E-state index in [1.54, 1.807) is 10.8 Å². The van der Waals surface area contributed by atoms with Gasteiger partial charge in [0, 0.05) is 25.8 Å². The van der Waals surface area contributed by atoms with Gasteiger partial charge in [0.25, 0.3) is 5.56 Å². The van der Waals surface area contributed by atoms with Crippen molar-refractivity contribution in [1.82, 2.24) is 19.9 Å². The molecule has 7 nitrogen and oxygen atoms in total. The van der Waals surface area contributed by atoms with Gasteiger partial charge < -0.3 is 10.2 Å². The van der Waals surface area contributed by atoms with Crippen LogP contribution in [-0.2, 0) is 17.9 Å². The summed E-state index contributed by atoms with van der Waals surface area (Å²) in [5.74, 6) is 0.211. The van der Waals surface area contributed by atoms with E-state index in [4.69, 9.17) is 4.98 Å². The molecule has 0 saturated carbocycles. The van der Waals surface area contributed by atoms with Crippen LogP contribution in [0.1, 0.15) is 29.5 Å². The van der Waals surface area contributed by atoms with Crippen LogP contribution in [0.2, 0.25) is 0 Å². The molecule has 0 aliphatic carbocycles. The van der Waals surface area contributed by atoms with Gasteiger partial charge in [-0.3, -0.25) is 14.2 Å². The molecule has 1 fully saturated rings. The van der Waals surface area contributed by atoms with Gasteiger partial charge in [-0.1, -0.05) is 60.2 Å². The molecule has 1 saturated heterocycles. The third-order valence-corrected chi connectivity index (χ3v) is 6.55. The molecule has 0 bridgehead atoms. The first-order valence-corrected chi connectivity index (χ1v) is 12.1. The molecule has 1 amide bonds. The van der Waals surface area contributed by atoms with Crippen LogP contribution in [0.5, 0.6) is 0 Å². The van der Waals surface area contributed by atoms with Gasteiger partial charge in [-0.2, -0.15) is 0 Å². The van der Waals surface area contributed by atoms with Crippen LogP contribution < -0.4 is 15.8 Å². The molecule has 2 aromatic heterocycles. The second kappa shape index (κ2) is 10.1. The van der Waals surface area contributed by atoms with Gasteiger partial charge in [0.15, 0.2) is 11.5 Å². The van der Waals surface area contributed by atoms with E-state index in [0.717, 1.165) is 24.0 Å². The maximum atomic E-state index is 13.7. The topological polar surface area (TPSA) is 80.1 Å². The highest BCUT2D eigenvalue weighted by Crippen LogP contribution is 2.22. The number of amides is 1. The standard InChI is InChI=1S/C28H29N5O2/c1-20-11-13-22(14-12-20)18-33-25-24(10-5-15-29-25)31-26(28(33)35)32-16-6-9-23(19-32)27(34)30-17-21-7-3-2-4-8-21/h2-5,7-8,10-15,23H,6,9,16-19H2,1H3,(H,30,34)/t23-/m0/s1. The molecule has 0 radical (unpaired) electrons. The highest BCUT2D eigenvalue weighted by Gasteiger charge is 2.28. The summed E-state index contributed by atoms with van der Waals surface area (Å²) in [4.78, 5) is 37.7. The number of carbonyl (C=O) groups is 1. The number of anilines is 1. The fourth-order valence-corrected chi connectivity index (χ4v) is 4.60. The van der Waals surface area contributed by atoms with Gasteiger partial charge in [-0.15, -0.1) is 0 Å². The van der Waals surface area contributed by atoms with Crippen molar-refractivity contribution in [2.24, 2.45) is 5.92 Å². The maximum Gasteiger partial charge on any atom is 0.295 e. The van der Waals surface area contributed by atoms with Crippen LogP contribution in [0.15, 0.2) is 77.7 Å². The molecule has 1 aliphatic heterocycles. The first-order valence-electron chi connectivity index (χ1n) is 12.1. The first kappa shape index (κ1) is 22.8. The summed E-state index contributed by atoms with van der Waals surface area (Å²) in [6, 6.07) is 21.7. The second-order valence-corrected chi connectivity index (χ2v) is 9.15. The number of hydrogen-bond acceptors (Lipinski definition) is 5. The van der Waals surface area contributed by atoms with Crippen molar-refractivity contribution in [2.75, 3.05) is 18.0 Å². The molecule has 5 rings (SSSR count). The maximum absolute atomic E-state index is 13.7. The molecular formula is C28H29N5O2. The Morgan fingerprint density at radius 2 is 1.83 bits per heavy atom. The number of pyridine rings is 1. The molecule has 4 aromatic rings. The minimum absolute atomic E-state index is 0.0148. The minimum Gasteiger partial charge on any atom is -0.352 e. The summed E-state index contributed by atoms with van der Waals surface area (Å²) in [5, 5.41) is 3.05. The molecule has 3 heterocycles. The highest BCUT2D eigenvalue weighted by atomic mass is 16.2. The molecule has 7 heteroatoms. The van der Waals surface area contributed by atoms with Gasteiger partial charge >= 0.3 is 0 Å². The molecule has 178 valence electrons. The number of carbonyl (C=O) groups excluding carboxylic acids is 1. The predicted octanol–water partition coefficient (Wildman–Crippen LogP) is 3.68. The predicted molar refractivity (Wildman–Crippen MR) is 137 cm³/mol. The SMILES string of the molecule is Cc1ccc(Cn2c(=O)c(N3CCC[C@H](C(=O)NCc4ccccc4)C3)nc3cccnc32)cc1. The van der Waals surface area contributed by atoms with E-state index >= 15 is 0 Å². The van der Waals surface area contributed by atoms with Crippen LogP contribution in [0.4, 0.5) is 5.82 Å². The molecule has 1 aliphatic rings. The molecule has 2 aromatic carbocycles. The molecule has 0 unspecified atom stereocenters. The van der Waals surface area contributed by atoms with E-state index in [1.807, 2.05) is 78.6 Å². The van der Waals surface area contributed by atoms with Crippen LogP contribution in [0.25, 0.3) is 11.2 Å². The van der Waals surface area contributed by atoms with E-state index in [0.29, 0.717) is 43.2 Å². The summed E-state index contributed by atoms with van der Waals surface area (Å²) in [7, 11) is 0. The van der Waals surface area contributed by atoms with Gasteiger partial charge in [-0.25, -0.2) is 9.97 Å². The second-order valence-electron chi connectivity index (χ2n) is 9.15. The number of hydrogen-bond donors (Lipinski definition) is 1. The molecule has 1 atom stereocenters. The minimum atomic E-state index is -0.191. The number of aryl methyl sites for hydroxylation is 1. The zero-order valence-electron chi connectivity index (χ0n) is 19.9. The lowest BCUT2D eigenvalue weighted by Gasteiger charge is -2.32. The van der Waals surface area contributed by atoms with Crippen molar-refractivity contribution in [3.63, 3.8) is 0 Å². The fourth-order valence-electron chi connectivity index (χ4n) is 4.60. The van der Waals surface area contributed by atoms with Gasteiger partial charge in [0.1, 0.15) is 5.52 Å². The molecular weight excluding hydrogens is 438 g/mol. The monoisotopic (exact) mass is 467 g/mol. The van der Waals surface area contributed by atoms with E-state index < -0.39 is 0 Å². The van der Waals surface area contributed by atoms with Gasteiger partial charge in [-0.05, 0) is 43.0 Å². The quantitative estimate of drug-likeness (QED) is 0.468. The summed E-state index contributed by atoms with van der Waals surface area (Å²) in [5.41, 5.74) is 4.32. The van der Waals surface area contributed by atoms with E-state index in [1.165, 1.54) is 5.56 Å². The Kier molecular flexibility index (Phi) is 6.57. The summed E-state index contributed by atoms with van der Waals surface area (Å²) in [6.45, 7) is 4.12. The van der Waals surface area contributed by atoms with Crippen LogP contribution in [0.3, 0.4) is 0 Å². The largest absolute Gasteiger partial charge is 0.352 e. The lowest BCUT2D eigenvalue weighted by Crippen LogP contribution is -2.45. The molecule has 35 heavy (non-hydrogen) atoms. The number of aromatic nitrogens is 3. The Hall–Kier alpha value is -4.00. The zero-order valence-corrected chi connectivity index (χ0v) is 19.9. The van der Waals surface area contributed by atoms with Crippen molar-refractivity contribution in [2.45, 2.75) is 32.9 Å². The number of nitrogens with zero attached hydrogens (tertiary/aromatic N) is 4. The number of benzene rings is 2. The summed E-state index contributed by atoms with van der Waals surface area (Å²) >= 11 is 0. The highest BCUT2D eigenvalue weighted by molar-refractivity contribution is 5.79. The summed E-state index contributed by atoms with van der Waals surface area (Å²) in [6.07, 6.45) is 3.31. The van der Waals surface area contributed by atoms with E-state index in [9.17, 15) is 9.59 Å². The Balaban J connectivity index is 1.40. The smallest absolute Gasteiger partial charge is 0.295 e.